The van der Waals surface area contributed by atoms with Gasteiger partial charge in [0.05, 0.1) is 13.2 Å². The number of hydrogen-bond donors (Lipinski definition) is 0. The van der Waals surface area contributed by atoms with Crippen LogP contribution in [0.2, 0.25) is 0 Å². The van der Waals surface area contributed by atoms with Crippen LogP contribution in [-0.4, -0.2) is 37.1 Å². The molecule has 1 fully saturated rings. The van der Waals surface area contributed by atoms with Crippen LogP contribution in [0.3, 0.4) is 0 Å². The molecule has 0 radical (unpaired) electrons. The van der Waals surface area contributed by atoms with Gasteiger partial charge in [-0.2, -0.15) is 0 Å². The van der Waals surface area contributed by atoms with Crippen LogP contribution >= 0.6 is 11.8 Å². The number of thioether (sulfide) groups is 1. The minimum absolute atomic E-state index is 0.883. The van der Waals surface area contributed by atoms with Crippen LogP contribution in [-0.2, 0) is 4.74 Å². The second-order valence-corrected chi connectivity index (χ2v) is 4.84. The maximum absolute atomic E-state index is 5.32. The van der Waals surface area contributed by atoms with E-state index in [1.807, 2.05) is 11.8 Å². The molecule has 0 unspecified atom stereocenters. The Labute approximate surface area is 95.6 Å². The molecule has 0 aromatic heterocycles. The van der Waals surface area contributed by atoms with Gasteiger partial charge in [-0.25, -0.2) is 0 Å². The first kappa shape index (κ1) is 11.0. The molecule has 82 valence electrons. The van der Waals surface area contributed by atoms with E-state index >= 15 is 0 Å². The molecule has 2 nitrogen and oxygen atoms in total. The summed E-state index contributed by atoms with van der Waals surface area (Å²) in [5.74, 6) is 1.08. The lowest BCUT2D eigenvalue weighted by Gasteiger charge is -2.25. The van der Waals surface area contributed by atoms with Crippen LogP contribution in [0, 0.1) is 6.92 Å². The van der Waals surface area contributed by atoms with E-state index < -0.39 is 0 Å². The first-order valence-electron chi connectivity index (χ1n) is 5.34. The van der Waals surface area contributed by atoms with Crippen molar-refractivity contribution in [2.24, 2.45) is 0 Å². The zero-order chi connectivity index (χ0) is 10.5. The Kier molecular flexibility index (Phi) is 4.06. The molecule has 1 aliphatic heterocycles. The van der Waals surface area contributed by atoms with E-state index in [-0.39, 0.29) is 0 Å². The van der Waals surface area contributed by atoms with Gasteiger partial charge in [-0.3, -0.25) is 4.90 Å². The van der Waals surface area contributed by atoms with Gasteiger partial charge in [0.2, 0.25) is 0 Å². The first-order chi connectivity index (χ1) is 7.34. The number of ether oxygens (including phenoxy) is 1. The second-order valence-electron chi connectivity index (χ2n) is 3.82. The molecule has 0 amide bonds. The molecule has 2 rings (SSSR count). The lowest BCUT2D eigenvalue weighted by atomic mass is 10.2. The van der Waals surface area contributed by atoms with Gasteiger partial charge >= 0.3 is 0 Å². The van der Waals surface area contributed by atoms with Crippen molar-refractivity contribution in [3.8, 4) is 0 Å². The summed E-state index contributed by atoms with van der Waals surface area (Å²) in [5, 5.41) is 0. The maximum Gasteiger partial charge on any atom is 0.0594 e. The normalized spacial score (nSPS) is 17.9. The molecule has 0 N–H and O–H groups in total. The molecule has 0 atom stereocenters. The molecule has 1 saturated heterocycles. The van der Waals surface area contributed by atoms with Crippen LogP contribution in [0.5, 0.6) is 0 Å². The number of rotatable bonds is 3. The topological polar surface area (TPSA) is 12.5 Å². The fraction of sp³-hybridized carbons (Fsp3) is 0.500. The summed E-state index contributed by atoms with van der Waals surface area (Å²) in [6.45, 7) is 6.02. The largest absolute Gasteiger partial charge is 0.379 e. The van der Waals surface area contributed by atoms with Gasteiger partial charge in [-0.05, 0) is 19.1 Å². The lowest BCUT2D eigenvalue weighted by Crippen LogP contribution is -2.35. The maximum atomic E-state index is 5.32. The summed E-state index contributed by atoms with van der Waals surface area (Å²) < 4.78 is 5.32. The average molecular weight is 223 g/mol. The highest BCUT2D eigenvalue weighted by Gasteiger charge is 2.09. The molecule has 0 aliphatic carbocycles. The van der Waals surface area contributed by atoms with Crippen molar-refractivity contribution in [1.82, 2.24) is 4.90 Å². The molecular weight excluding hydrogens is 206 g/mol. The molecular formula is C12H17NOS. The molecule has 1 aromatic carbocycles. The van der Waals surface area contributed by atoms with E-state index in [2.05, 4.69) is 36.1 Å². The monoisotopic (exact) mass is 223 g/mol. The Morgan fingerprint density at radius 3 is 2.53 bits per heavy atom. The average Bonchev–Trinajstić information content (AvgIpc) is 2.30. The molecule has 1 aliphatic rings. The van der Waals surface area contributed by atoms with Crippen molar-refractivity contribution in [2.45, 2.75) is 11.8 Å². The molecule has 1 heterocycles. The third kappa shape index (κ3) is 3.52. The fourth-order valence-electron chi connectivity index (χ4n) is 1.53. The van der Waals surface area contributed by atoms with Crippen LogP contribution < -0.4 is 0 Å². The highest BCUT2D eigenvalue weighted by atomic mass is 32.2. The van der Waals surface area contributed by atoms with Crippen LogP contribution in [0.25, 0.3) is 0 Å². The third-order valence-corrected chi connectivity index (χ3v) is 3.64. The van der Waals surface area contributed by atoms with Gasteiger partial charge in [-0.15, -0.1) is 11.8 Å². The van der Waals surface area contributed by atoms with Gasteiger partial charge < -0.3 is 4.74 Å². The van der Waals surface area contributed by atoms with Gasteiger partial charge in [0.1, 0.15) is 0 Å². The number of hydrogen-bond acceptors (Lipinski definition) is 3. The summed E-state index contributed by atoms with van der Waals surface area (Å²) >= 11 is 1.91. The highest BCUT2D eigenvalue weighted by molar-refractivity contribution is 7.99. The zero-order valence-corrected chi connectivity index (χ0v) is 9.93. The first-order valence-corrected chi connectivity index (χ1v) is 6.33. The van der Waals surface area contributed by atoms with Crippen molar-refractivity contribution in [1.29, 1.82) is 0 Å². The Bertz CT molecular complexity index is 293. The van der Waals surface area contributed by atoms with Crippen molar-refractivity contribution >= 4 is 11.8 Å². The van der Waals surface area contributed by atoms with Gasteiger partial charge in [0, 0.05) is 23.9 Å². The van der Waals surface area contributed by atoms with E-state index in [1.165, 1.54) is 10.5 Å². The summed E-state index contributed by atoms with van der Waals surface area (Å²) in [6, 6.07) is 8.73. The number of benzene rings is 1. The zero-order valence-electron chi connectivity index (χ0n) is 9.11. The SMILES string of the molecule is Cc1ccc(SCN2CCOCC2)cc1. The predicted octanol–water partition coefficient (Wildman–Crippen LogP) is 2.38. The predicted molar refractivity (Wildman–Crippen MR) is 64.3 cm³/mol. The van der Waals surface area contributed by atoms with Gasteiger partial charge in [0.25, 0.3) is 0 Å². The van der Waals surface area contributed by atoms with Crippen molar-refractivity contribution in [3.05, 3.63) is 29.8 Å². The van der Waals surface area contributed by atoms with E-state index in [0.29, 0.717) is 0 Å². The van der Waals surface area contributed by atoms with Crippen molar-refractivity contribution in [2.75, 3.05) is 32.2 Å². The molecule has 0 saturated carbocycles. The van der Waals surface area contributed by atoms with Gasteiger partial charge in [0.15, 0.2) is 0 Å². The summed E-state index contributed by atoms with van der Waals surface area (Å²) in [4.78, 5) is 3.79. The fourth-order valence-corrected chi connectivity index (χ4v) is 2.45. The van der Waals surface area contributed by atoms with E-state index in [4.69, 9.17) is 4.74 Å². The van der Waals surface area contributed by atoms with E-state index in [0.717, 1.165) is 32.2 Å². The number of aryl methyl sites for hydroxylation is 1. The van der Waals surface area contributed by atoms with E-state index in [9.17, 15) is 0 Å². The Morgan fingerprint density at radius 2 is 1.87 bits per heavy atom. The Morgan fingerprint density at radius 1 is 1.20 bits per heavy atom. The van der Waals surface area contributed by atoms with Crippen molar-refractivity contribution in [3.63, 3.8) is 0 Å². The molecule has 0 bridgehead atoms. The highest BCUT2D eigenvalue weighted by Crippen LogP contribution is 2.19. The Balaban J connectivity index is 1.79. The van der Waals surface area contributed by atoms with E-state index in [1.54, 1.807) is 0 Å². The molecule has 0 spiro atoms. The molecule has 1 aromatic rings. The molecule has 3 heteroatoms. The van der Waals surface area contributed by atoms with Crippen LogP contribution in [0.15, 0.2) is 29.2 Å². The minimum atomic E-state index is 0.883. The quantitative estimate of drug-likeness (QED) is 0.730. The molecule has 15 heavy (non-hydrogen) atoms. The Hall–Kier alpha value is -0.510. The summed E-state index contributed by atoms with van der Waals surface area (Å²) in [5.41, 5.74) is 1.32. The third-order valence-electron chi connectivity index (χ3n) is 2.54. The van der Waals surface area contributed by atoms with Crippen molar-refractivity contribution < 1.29 is 4.74 Å². The number of nitrogens with zero attached hydrogens (tertiary/aromatic N) is 1. The van der Waals surface area contributed by atoms with Crippen LogP contribution in [0.4, 0.5) is 0 Å². The summed E-state index contributed by atoms with van der Waals surface area (Å²) in [6.07, 6.45) is 0. The minimum Gasteiger partial charge on any atom is -0.379 e. The second kappa shape index (κ2) is 5.54. The summed E-state index contributed by atoms with van der Waals surface area (Å²) in [7, 11) is 0. The van der Waals surface area contributed by atoms with Gasteiger partial charge in [-0.1, -0.05) is 17.7 Å². The standard InChI is InChI=1S/C12H17NOS/c1-11-2-4-12(5-3-11)15-10-13-6-8-14-9-7-13/h2-5H,6-10H2,1H3. The smallest absolute Gasteiger partial charge is 0.0594 e. The van der Waals surface area contributed by atoms with Crippen LogP contribution in [0.1, 0.15) is 5.56 Å². The number of morpholine rings is 1. The lowest BCUT2D eigenvalue weighted by molar-refractivity contribution is 0.0474.